The fourth-order valence-corrected chi connectivity index (χ4v) is 0.689. The van der Waals surface area contributed by atoms with Crippen LogP contribution >= 0.6 is 0 Å². The van der Waals surface area contributed by atoms with E-state index in [1.807, 2.05) is 6.92 Å². The highest BCUT2D eigenvalue weighted by Crippen LogP contribution is 2.00. The maximum Gasteiger partial charge on any atom is 0.331 e. The third-order valence-corrected chi connectivity index (χ3v) is 1.61. The lowest BCUT2D eigenvalue weighted by molar-refractivity contribution is -0.132. The van der Waals surface area contributed by atoms with Gasteiger partial charge >= 0.3 is 5.97 Å². The van der Waals surface area contributed by atoms with Gasteiger partial charge in [-0.05, 0) is 18.9 Å². The summed E-state index contributed by atoms with van der Waals surface area (Å²) in [4.78, 5) is 14.1. The van der Waals surface area contributed by atoms with E-state index in [-0.39, 0.29) is 5.57 Å². The van der Waals surface area contributed by atoms with E-state index in [1.54, 1.807) is 12.3 Å². The molecule has 0 fully saturated rings. The standard InChI is InChI=1S/C10H14N2O2/c1-3-9(6-12-7-11)5-4-8(2)10(13)14/h4-7,11H,3H2,1-2H3,(H,13,14)/b8-4+,9-5+,11-7?,12-6-. The summed E-state index contributed by atoms with van der Waals surface area (Å²) in [5, 5.41) is 15.3. The third-order valence-electron chi connectivity index (χ3n) is 1.61. The summed E-state index contributed by atoms with van der Waals surface area (Å²) in [5.41, 5.74) is 1.16. The zero-order valence-electron chi connectivity index (χ0n) is 8.32. The SMILES string of the molecule is CCC(/C=N\C=N)=C\C=C(/C)C(=O)O. The Kier molecular flexibility index (Phi) is 5.94. The van der Waals surface area contributed by atoms with Crippen LogP contribution in [-0.4, -0.2) is 23.6 Å². The van der Waals surface area contributed by atoms with Crippen LogP contribution in [0.2, 0.25) is 0 Å². The van der Waals surface area contributed by atoms with Gasteiger partial charge < -0.3 is 5.11 Å². The molecular formula is C10H14N2O2. The number of nitrogens with zero attached hydrogens (tertiary/aromatic N) is 1. The zero-order valence-corrected chi connectivity index (χ0v) is 8.32. The molecule has 0 aromatic heterocycles. The Bertz CT molecular complexity index is 301. The Labute approximate surface area is 83.2 Å². The van der Waals surface area contributed by atoms with Crippen molar-refractivity contribution < 1.29 is 9.90 Å². The Balaban J connectivity index is 4.60. The van der Waals surface area contributed by atoms with Gasteiger partial charge in [0.2, 0.25) is 0 Å². The number of nitrogens with one attached hydrogen (secondary N) is 1. The van der Waals surface area contributed by atoms with E-state index < -0.39 is 5.97 Å². The molecular weight excluding hydrogens is 180 g/mol. The highest BCUT2D eigenvalue weighted by Gasteiger charge is 1.96. The second-order valence-corrected chi connectivity index (χ2v) is 2.66. The summed E-state index contributed by atoms with van der Waals surface area (Å²) in [6.45, 7) is 3.46. The molecule has 0 aromatic carbocycles. The minimum absolute atomic E-state index is 0.277. The van der Waals surface area contributed by atoms with Crippen molar-refractivity contribution in [1.29, 1.82) is 5.41 Å². The second kappa shape index (κ2) is 6.77. The fourth-order valence-electron chi connectivity index (χ4n) is 0.689. The van der Waals surface area contributed by atoms with Gasteiger partial charge in [0.15, 0.2) is 0 Å². The maximum absolute atomic E-state index is 10.4. The highest BCUT2D eigenvalue weighted by molar-refractivity contribution is 5.87. The van der Waals surface area contributed by atoms with Crippen LogP contribution in [0.4, 0.5) is 0 Å². The van der Waals surface area contributed by atoms with E-state index in [1.165, 1.54) is 13.0 Å². The number of carboxylic acids is 1. The fraction of sp³-hybridized carbons (Fsp3) is 0.300. The first-order chi connectivity index (χ1) is 6.61. The van der Waals surface area contributed by atoms with Crippen LogP contribution in [0.1, 0.15) is 20.3 Å². The van der Waals surface area contributed by atoms with Gasteiger partial charge in [-0.3, -0.25) is 5.41 Å². The molecule has 0 bridgehead atoms. The molecule has 0 saturated carbocycles. The summed E-state index contributed by atoms with van der Waals surface area (Å²) in [7, 11) is 0. The number of hydrogen-bond acceptors (Lipinski definition) is 2. The van der Waals surface area contributed by atoms with E-state index in [4.69, 9.17) is 10.5 Å². The zero-order chi connectivity index (χ0) is 11.0. The smallest absolute Gasteiger partial charge is 0.331 e. The van der Waals surface area contributed by atoms with Crippen LogP contribution in [0.25, 0.3) is 0 Å². The van der Waals surface area contributed by atoms with Gasteiger partial charge in [-0.2, -0.15) is 0 Å². The first-order valence-electron chi connectivity index (χ1n) is 4.24. The molecule has 0 aliphatic rings. The third kappa shape index (κ3) is 5.03. The van der Waals surface area contributed by atoms with E-state index >= 15 is 0 Å². The highest BCUT2D eigenvalue weighted by atomic mass is 16.4. The Morgan fingerprint density at radius 1 is 1.50 bits per heavy atom. The average Bonchev–Trinajstić information content (AvgIpc) is 2.17. The van der Waals surface area contributed by atoms with Crippen molar-refractivity contribution in [2.24, 2.45) is 4.99 Å². The number of carboxylic acid groups (broad SMARTS) is 1. The quantitative estimate of drug-likeness (QED) is 0.304. The second-order valence-electron chi connectivity index (χ2n) is 2.66. The molecule has 2 N–H and O–H groups in total. The number of aliphatic imine (C=N–C) groups is 1. The molecule has 0 radical (unpaired) electrons. The molecule has 0 spiro atoms. The topological polar surface area (TPSA) is 73.5 Å². The number of carbonyl (C=O) groups is 1. The maximum atomic E-state index is 10.4. The molecule has 0 aromatic rings. The molecule has 0 heterocycles. The van der Waals surface area contributed by atoms with Crippen LogP contribution in [0.5, 0.6) is 0 Å². The Morgan fingerprint density at radius 2 is 2.14 bits per heavy atom. The van der Waals surface area contributed by atoms with Gasteiger partial charge in [-0.25, -0.2) is 9.79 Å². The lowest BCUT2D eigenvalue weighted by atomic mass is 10.2. The van der Waals surface area contributed by atoms with E-state index in [9.17, 15) is 4.79 Å². The van der Waals surface area contributed by atoms with Crippen molar-refractivity contribution in [3.05, 3.63) is 23.3 Å². The molecule has 14 heavy (non-hydrogen) atoms. The van der Waals surface area contributed by atoms with E-state index in [2.05, 4.69) is 4.99 Å². The minimum Gasteiger partial charge on any atom is -0.478 e. The Hall–Kier alpha value is -1.71. The number of aliphatic carboxylic acids is 1. The van der Waals surface area contributed by atoms with Crippen molar-refractivity contribution in [2.45, 2.75) is 20.3 Å². The molecule has 4 nitrogen and oxygen atoms in total. The van der Waals surface area contributed by atoms with Crippen molar-refractivity contribution in [3.8, 4) is 0 Å². The Morgan fingerprint density at radius 3 is 2.57 bits per heavy atom. The lowest BCUT2D eigenvalue weighted by Gasteiger charge is -1.93. The molecule has 0 amide bonds. The average molecular weight is 194 g/mol. The van der Waals surface area contributed by atoms with E-state index in [0.29, 0.717) is 0 Å². The molecule has 0 saturated heterocycles. The number of rotatable bonds is 5. The summed E-state index contributed by atoms with van der Waals surface area (Å²) in [5.74, 6) is -0.930. The van der Waals surface area contributed by atoms with Gasteiger partial charge in [-0.15, -0.1) is 0 Å². The van der Waals surface area contributed by atoms with Gasteiger partial charge in [-0.1, -0.05) is 19.1 Å². The number of hydrogen-bond donors (Lipinski definition) is 2. The van der Waals surface area contributed by atoms with Gasteiger partial charge in [0, 0.05) is 11.8 Å². The van der Waals surface area contributed by atoms with E-state index in [0.717, 1.165) is 18.3 Å². The molecule has 76 valence electrons. The number of allylic oxidation sites excluding steroid dienone is 3. The largest absolute Gasteiger partial charge is 0.478 e. The van der Waals surface area contributed by atoms with Gasteiger partial charge in [0.1, 0.15) is 6.34 Å². The van der Waals surface area contributed by atoms with Crippen molar-refractivity contribution in [2.75, 3.05) is 0 Å². The van der Waals surface area contributed by atoms with Crippen LogP contribution < -0.4 is 0 Å². The molecule has 4 heteroatoms. The first kappa shape index (κ1) is 12.3. The summed E-state index contributed by atoms with van der Waals surface area (Å²) < 4.78 is 0. The molecule has 0 atom stereocenters. The van der Waals surface area contributed by atoms with Gasteiger partial charge in [0.25, 0.3) is 0 Å². The first-order valence-corrected chi connectivity index (χ1v) is 4.24. The van der Waals surface area contributed by atoms with Gasteiger partial charge in [0.05, 0.1) is 0 Å². The molecule has 0 aliphatic carbocycles. The van der Waals surface area contributed by atoms with Crippen LogP contribution in [0.15, 0.2) is 28.3 Å². The minimum atomic E-state index is -0.930. The van der Waals surface area contributed by atoms with Crippen LogP contribution in [0.3, 0.4) is 0 Å². The summed E-state index contributed by atoms with van der Waals surface area (Å²) >= 11 is 0. The van der Waals surface area contributed by atoms with Crippen molar-refractivity contribution in [3.63, 3.8) is 0 Å². The lowest BCUT2D eigenvalue weighted by Crippen LogP contribution is -1.95. The van der Waals surface area contributed by atoms with Crippen LogP contribution in [-0.2, 0) is 4.79 Å². The molecule has 0 rings (SSSR count). The van der Waals surface area contributed by atoms with Crippen molar-refractivity contribution >= 4 is 18.5 Å². The summed E-state index contributed by atoms with van der Waals surface area (Å²) in [6, 6.07) is 0. The molecule has 0 aliphatic heterocycles. The van der Waals surface area contributed by atoms with Crippen LogP contribution in [0, 0.1) is 5.41 Å². The predicted octanol–water partition coefficient (Wildman–Crippen LogP) is 2.03. The summed E-state index contributed by atoms with van der Waals surface area (Å²) in [6.07, 6.45) is 6.45. The molecule has 0 unspecified atom stereocenters. The predicted molar refractivity (Wildman–Crippen MR) is 57.0 cm³/mol. The normalized spacial score (nSPS) is 13.3. The van der Waals surface area contributed by atoms with Crippen molar-refractivity contribution in [1.82, 2.24) is 0 Å². The monoisotopic (exact) mass is 194 g/mol.